The van der Waals surface area contributed by atoms with Crippen molar-refractivity contribution < 1.29 is 9.90 Å². The molecule has 5 nitrogen and oxygen atoms in total. The molecule has 2 aromatic heterocycles. The van der Waals surface area contributed by atoms with Gasteiger partial charge in [0, 0.05) is 6.54 Å². The SMILES string of the molecule is CC(O)CNc1ccc(NC(=O)c2cccs2)cn1. The van der Waals surface area contributed by atoms with E-state index in [1.165, 1.54) is 11.3 Å². The van der Waals surface area contributed by atoms with Gasteiger partial charge in [-0.1, -0.05) is 6.07 Å². The summed E-state index contributed by atoms with van der Waals surface area (Å²) in [7, 11) is 0. The maximum Gasteiger partial charge on any atom is 0.265 e. The van der Waals surface area contributed by atoms with Crippen LogP contribution in [-0.2, 0) is 0 Å². The Bertz CT molecular complexity index is 523. The molecule has 3 N–H and O–H groups in total. The molecule has 2 rings (SSSR count). The Balaban J connectivity index is 1.93. The number of carbonyl (C=O) groups excluding carboxylic acids is 1. The molecule has 0 spiro atoms. The topological polar surface area (TPSA) is 74.2 Å². The van der Waals surface area contributed by atoms with Gasteiger partial charge in [0.1, 0.15) is 5.82 Å². The average molecular weight is 277 g/mol. The van der Waals surface area contributed by atoms with Crippen molar-refractivity contribution in [1.82, 2.24) is 4.98 Å². The summed E-state index contributed by atoms with van der Waals surface area (Å²) in [5.74, 6) is 0.525. The smallest absolute Gasteiger partial charge is 0.265 e. The molecule has 1 unspecified atom stereocenters. The van der Waals surface area contributed by atoms with E-state index in [0.717, 1.165) is 0 Å². The second-order valence-corrected chi connectivity index (χ2v) is 5.04. The molecule has 0 saturated heterocycles. The van der Waals surface area contributed by atoms with Gasteiger partial charge < -0.3 is 15.7 Å². The average Bonchev–Trinajstić information content (AvgIpc) is 2.92. The largest absolute Gasteiger partial charge is 0.392 e. The fraction of sp³-hybridized carbons (Fsp3) is 0.231. The van der Waals surface area contributed by atoms with Gasteiger partial charge in [-0.25, -0.2) is 4.98 Å². The van der Waals surface area contributed by atoms with Gasteiger partial charge in [0.2, 0.25) is 0 Å². The van der Waals surface area contributed by atoms with E-state index in [0.29, 0.717) is 22.9 Å². The number of nitrogens with one attached hydrogen (secondary N) is 2. The highest BCUT2D eigenvalue weighted by Crippen LogP contribution is 2.14. The van der Waals surface area contributed by atoms with Crippen molar-refractivity contribution in [1.29, 1.82) is 0 Å². The minimum Gasteiger partial charge on any atom is -0.392 e. The van der Waals surface area contributed by atoms with Crippen LogP contribution in [0.25, 0.3) is 0 Å². The number of aliphatic hydroxyl groups excluding tert-OH is 1. The highest BCUT2D eigenvalue weighted by Gasteiger charge is 2.06. The van der Waals surface area contributed by atoms with Gasteiger partial charge in [0.05, 0.1) is 22.9 Å². The molecule has 0 aromatic carbocycles. The number of aromatic nitrogens is 1. The minimum absolute atomic E-state index is 0.138. The lowest BCUT2D eigenvalue weighted by atomic mass is 10.3. The first-order valence-electron chi connectivity index (χ1n) is 5.88. The lowest BCUT2D eigenvalue weighted by Crippen LogP contribution is -2.16. The van der Waals surface area contributed by atoms with Crippen LogP contribution in [0.15, 0.2) is 35.8 Å². The number of pyridine rings is 1. The van der Waals surface area contributed by atoms with E-state index in [1.54, 1.807) is 31.3 Å². The second-order valence-electron chi connectivity index (χ2n) is 4.09. The lowest BCUT2D eigenvalue weighted by molar-refractivity contribution is 0.103. The van der Waals surface area contributed by atoms with Crippen molar-refractivity contribution in [3.8, 4) is 0 Å². The number of hydrogen-bond acceptors (Lipinski definition) is 5. The molecule has 0 bridgehead atoms. The molecule has 6 heteroatoms. The van der Waals surface area contributed by atoms with Crippen LogP contribution in [0.2, 0.25) is 0 Å². The van der Waals surface area contributed by atoms with Gasteiger partial charge in [0.15, 0.2) is 0 Å². The first kappa shape index (κ1) is 13.5. The summed E-state index contributed by atoms with van der Waals surface area (Å²) in [5, 5.41) is 16.8. The Kier molecular flexibility index (Phi) is 4.48. The third-order valence-corrected chi connectivity index (χ3v) is 3.21. The van der Waals surface area contributed by atoms with E-state index in [4.69, 9.17) is 5.11 Å². The van der Waals surface area contributed by atoms with Crippen LogP contribution in [0.5, 0.6) is 0 Å². The Labute approximate surface area is 115 Å². The second kappa shape index (κ2) is 6.31. The molecule has 19 heavy (non-hydrogen) atoms. The number of thiophene rings is 1. The molecule has 0 aliphatic carbocycles. The summed E-state index contributed by atoms with van der Waals surface area (Å²) in [4.78, 5) is 16.6. The summed E-state index contributed by atoms with van der Waals surface area (Å²) in [6.07, 6.45) is 1.15. The molecule has 0 saturated carbocycles. The van der Waals surface area contributed by atoms with Gasteiger partial charge in [-0.3, -0.25) is 4.79 Å². The summed E-state index contributed by atoms with van der Waals surface area (Å²) >= 11 is 1.39. The third kappa shape index (κ3) is 4.04. The van der Waals surface area contributed by atoms with Crippen LogP contribution >= 0.6 is 11.3 Å². The molecule has 0 radical (unpaired) electrons. The molecule has 100 valence electrons. The quantitative estimate of drug-likeness (QED) is 0.783. The Hall–Kier alpha value is -1.92. The van der Waals surface area contributed by atoms with Crippen LogP contribution in [0, 0.1) is 0 Å². The van der Waals surface area contributed by atoms with Crippen LogP contribution in [0.1, 0.15) is 16.6 Å². The number of rotatable bonds is 5. The fourth-order valence-electron chi connectivity index (χ4n) is 1.43. The molecule has 2 heterocycles. The maximum absolute atomic E-state index is 11.8. The van der Waals surface area contributed by atoms with Crippen molar-refractivity contribution in [2.24, 2.45) is 0 Å². The normalized spacial score (nSPS) is 11.9. The number of anilines is 2. The molecular formula is C13H15N3O2S. The molecule has 0 aliphatic rings. The maximum atomic E-state index is 11.8. The Morgan fingerprint density at radius 1 is 1.47 bits per heavy atom. The summed E-state index contributed by atoms with van der Waals surface area (Å²) in [6.45, 7) is 2.14. The van der Waals surface area contributed by atoms with E-state index in [9.17, 15) is 4.79 Å². The predicted octanol–water partition coefficient (Wildman–Crippen LogP) is 2.19. The van der Waals surface area contributed by atoms with Crippen LogP contribution < -0.4 is 10.6 Å². The standard InChI is InChI=1S/C13H15N3O2S/c1-9(17)7-14-12-5-4-10(8-15-12)16-13(18)11-3-2-6-19-11/h2-6,8-9,17H,7H2,1H3,(H,14,15)(H,16,18). The Morgan fingerprint density at radius 3 is 2.89 bits per heavy atom. The van der Waals surface area contributed by atoms with Crippen LogP contribution in [0.4, 0.5) is 11.5 Å². The molecule has 2 aromatic rings. The number of nitrogens with zero attached hydrogens (tertiary/aromatic N) is 1. The van der Waals surface area contributed by atoms with Gasteiger partial charge in [-0.2, -0.15) is 0 Å². The number of aliphatic hydroxyl groups is 1. The Morgan fingerprint density at radius 2 is 2.32 bits per heavy atom. The summed E-state index contributed by atoms with van der Waals surface area (Å²) < 4.78 is 0. The first-order valence-corrected chi connectivity index (χ1v) is 6.76. The predicted molar refractivity (Wildman–Crippen MR) is 76.7 cm³/mol. The first-order chi connectivity index (χ1) is 9.15. The van der Waals surface area contributed by atoms with Gasteiger partial charge in [0.25, 0.3) is 5.91 Å². The zero-order valence-corrected chi connectivity index (χ0v) is 11.3. The molecule has 0 aliphatic heterocycles. The number of amides is 1. The van der Waals surface area contributed by atoms with Crippen LogP contribution in [0.3, 0.4) is 0 Å². The van der Waals surface area contributed by atoms with E-state index in [2.05, 4.69) is 15.6 Å². The van der Waals surface area contributed by atoms with E-state index < -0.39 is 6.10 Å². The van der Waals surface area contributed by atoms with Gasteiger partial charge in [-0.05, 0) is 30.5 Å². The highest BCUT2D eigenvalue weighted by atomic mass is 32.1. The van der Waals surface area contributed by atoms with Crippen molar-refractivity contribution in [2.75, 3.05) is 17.2 Å². The minimum atomic E-state index is -0.431. The number of hydrogen-bond donors (Lipinski definition) is 3. The van der Waals surface area contributed by atoms with Gasteiger partial charge >= 0.3 is 0 Å². The molecule has 1 atom stereocenters. The van der Waals surface area contributed by atoms with Crippen molar-refractivity contribution >= 4 is 28.7 Å². The highest BCUT2D eigenvalue weighted by molar-refractivity contribution is 7.12. The number of carbonyl (C=O) groups is 1. The van der Waals surface area contributed by atoms with E-state index >= 15 is 0 Å². The zero-order valence-electron chi connectivity index (χ0n) is 10.5. The fourth-order valence-corrected chi connectivity index (χ4v) is 2.04. The lowest BCUT2D eigenvalue weighted by Gasteiger charge is -2.08. The summed E-state index contributed by atoms with van der Waals surface area (Å²) in [5.41, 5.74) is 0.640. The van der Waals surface area contributed by atoms with Crippen molar-refractivity contribution in [3.63, 3.8) is 0 Å². The zero-order chi connectivity index (χ0) is 13.7. The van der Waals surface area contributed by atoms with E-state index in [-0.39, 0.29) is 5.91 Å². The monoisotopic (exact) mass is 277 g/mol. The van der Waals surface area contributed by atoms with Crippen molar-refractivity contribution in [2.45, 2.75) is 13.0 Å². The molecule has 0 fully saturated rings. The van der Waals surface area contributed by atoms with Crippen LogP contribution in [-0.4, -0.2) is 28.6 Å². The molecular weight excluding hydrogens is 262 g/mol. The van der Waals surface area contributed by atoms with Crippen molar-refractivity contribution in [3.05, 3.63) is 40.7 Å². The molecule has 1 amide bonds. The van der Waals surface area contributed by atoms with Gasteiger partial charge in [-0.15, -0.1) is 11.3 Å². The summed E-state index contributed by atoms with van der Waals surface area (Å²) in [6, 6.07) is 7.13. The third-order valence-electron chi connectivity index (χ3n) is 2.34. The van der Waals surface area contributed by atoms with E-state index in [1.807, 2.05) is 11.4 Å².